The fourth-order valence-corrected chi connectivity index (χ4v) is 1.25. The normalized spacial score (nSPS) is 12.0. The van der Waals surface area contributed by atoms with Crippen LogP contribution in [0.2, 0.25) is 0 Å². The van der Waals surface area contributed by atoms with Crippen LogP contribution in [0.15, 0.2) is 23.3 Å². The maximum atomic E-state index is 12.6. The lowest BCUT2D eigenvalue weighted by molar-refractivity contribution is -0.137. The monoisotopic (exact) mass is 321 g/mol. The minimum atomic E-state index is -4.72. The summed E-state index contributed by atoms with van der Waals surface area (Å²) in [5, 5.41) is 18.8. The first kappa shape index (κ1) is 17.2. The van der Waals surface area contributed by atoms with Gasteiger partial charge in [-0.25, -0.2) is 0 Å². The van der Waals surface area contributed by atoms with Crippen molar-refractivity contribution in [2.24, 2.45) is 10.8 Å². The minimum Gasteiger partial charge on any atom is -0.433 e. The SMILES string of the molecule is N#C/C(=N\Nc1cc(C(F)(F)F)ccc1OC(F)F)C(=N)N. The van der Waals surface area contributed by atoms with Gasteiger partial charge in [0.15, 0.2) is 11.6 Å². The van der Waals surface area contributed by atoms with E-state index in [1.54, 1.807) is 0 Å². The van der Waals surface area contributed by atoms with Gasteiger partial charge < -0.3 is 10.5 Å². The number of hydrazone groups is 1. The summed E-state index contributed by atoms with van der Waals surface area (Å²) in [6.45, 7) is -3.27. The quantitative estimate of drug-likeness (QED) is 0.335. The molecule has 11 heteroatoms. The number of nitrogens with two attached hydrogens (primary N) is 1. The third-order valence-corrected chi connectivity index (χ3v) is 2.17. The molecule has 0 aromatic heterocycles. The summed E-state index contributed by atoms with van der Waals surface area (Å²) in [5.41, 5.74) is 4.59. The summed E-state index contributed by atoms with van der Waals surface area (Å²) in [7, 11) is 0. The minimum absolute atomic E-state index is 0.469. The van der Waals surface area contributed by atoms with Gasteiger partial charge in [-0.3, -0.25) is 10.8 Å². The molecule has 0 aliphatic rings. The average molecular weight is 321 g/mol. The van der Waals surface area contributed by atoms with Gasteiger partial charge in [-0.2, -0.15) is 32.3 Å². The van der Waals surface area contributed by atoms with E-state index >= 15 is 0 Å². The molecule has 118 valence electrons. The molecule has 0 amide bonds. The van der Waals surface area contributed by atoms with E-state index in [0.717, 1.165) is 0 Å². The molecule has 4 N–H and O–H groups in total. The maximum absolute atomic E-state index is 12.6. The Morgan fingerprint density at radius 2 is 2.05 bits per heavy atom. The van der Waals surface area contributed by atoms with Crippen LogP contribution >= 0.6 is 0 Å². The Morgan fingerprint density at radius 3 is 2.50 bits per heavy atom. The summed E-state index contributed by atoms with van der Waals surface area (Å²) in [4.78, 5) is 0. The summed E-state index contributed by atoms with van der Waals surface area (Å²) in [6.07, 6.45) is -4.72. The van der Waals surface area contributed by atoms with E-state index in [1.165, 1.54) is 6.07 Å². The average Bonchev–Trinajstić information content (AvgIpc) is 2.38. The second-order valence-electron chi connectivity index (χ2n) is 3.68. The van der Waals surface area contributed by atoms with Crippen molar-refractivity contribution >= 4 is 17.2 Å². The maximum Gasteiger partial charge on any atom is 0.416 e. The highest BCUT2D eigenvalue weighted by Crippen LogP contribution is 2.35. The van der Waals surface area contributed by atoms with Gasteiger partial charge >= 0.3 is 12.8 Å². The van der Waals surface area contributed by atoms with Gasteiger partial charge in [0.2, 0.25) is 5.71 Å². The number of nitriles is 1. The molecule has 0 heterocycles. The highest BCUT2D eigenvalue weighted by Gasteiger charge is 2.31. The van der Waals surface area contributed by atoms with E-state index < -0.39 is 41.3 Å². The molecule has 1 rings (SSSR count). The molecule has 0 aliphatic heterocycles. The lowest BCUT2D eigenvalue weighted by atomic mass is 10.2. The Morgan fingerprint density at radius 1 is 1.41 bits per heavy atom. The Kier molecular flexibility index (Phi) is 5.23. The Labute approximate surface area is 120 Å². The number of nitrogens with zero attached hydrogens (tertiary/aromatic N) is 2. The first-order valence-corrected chi connectivity index (χ1v) is 5.39. The zero-order chi connectivity index (χ0) is 16.9. The fourth-order valence-electron chi connectivity index (χ4n) is 1.25. The number of halogens is 5. The lowest BCUT2D eigenvalue weighted by Crippen LogP contribution is -2.22. The summed E-state index contributed by atoms with van der Waals surface area (Å²) in [5.74, 6) is -1.37. The number of nitrogens with one attached hydrogen (secondary N) is 2. The van der Waals surface area contributed by atoms with Crippen LogP contribution in [0.3, 0.4) is 0 Å². The Hall–Kier alpha value is -2.90. The van der Waals surface area contributed by atoms with Crippen molar-refractivity contribution in [2.75, 3.05) is 5.43 Å². The van der Waals surface area contributed by atoms with Crippen LogP contribution in [0.25, 0.3) is 0 Å². The highest BCUT2D eigenvalue weighted by atomic mass is 19.4. The number of hydrogen-bond donors (Lipinski definition) is 3. The summed E-state index contributed by atoms with van der Waals surface area (Å²) >= 11 is 0. The van der Waals surface area contributed by atoms with Gasteiger partial charge in [0, 0.05) is 0 Å². The van der Waals surface area contributed by atoms with Gasteiger partial charge in [0.1, 0.15) is 6.07 Å². The summed E-state index contributed by atoms with van der Waals surface area (Å²) < 4.78 is 66.3. The molecule has 0 unspecified atom stereocenters. The predicted molar refractivity (Wildman–Crippen MR) is 66.7 cm³/mol. The second-order valence-corrected chi connectivity index (χ2v) is 3.68. The zero-order valence-corrected chi connectivity index (χ0v) is 10.6. The van der Waals surface area contributed by atoms with Crippen LogP contribution in [0.5, 0.6) is 5.75 Å². The number of ether oxygens (including phenoxy) is 1. The van der Waals surface area contributed by atoms with E-state index in [2.05, 4.69) is 9.84 Å². The lowest BCUT2D eigenvalue weighted by Gasteiger charge is -2.13. The number of amidine groups is 1. The molecule has 0 saturated carbocycles. The fraction of sp³-hybridized carbons (Fsp3) is 0.182. The van der Waals surface area contributed by atoms with Crippen LogP contribution in [0.4, 0.5) is 27.6 Å². The van der Waals surface area contributed by atoms with E-state index in [4.69, 9.17) is 16.4 Å². The van der Waals surface area contributed by atoms with Crippen LogP contribution in [-0.4, -0.2) is 18.2 Å². The molecule has 6 nitrogen and oxygen atoms in total. The number of anilines is 1. The highest BCUT2D eigenvalue weighted by molar-refractivity contribution is 6.45. The molecule has 0 atom stereocenters. The molecule has 0 bridgehead atoms. The molecule has 0 aliphatic carbocycles. The number of hydrogen-bond acceptors (Lipinski definition) is 5. The molecule has 1 aromatic carbocycles. The first-order chi connectivity index (χ1) is 10.1. The van der Waals surface area contributed by atoms with Gasteiger partial charge in [-0.05, 0) is 18.2 Å². The molecular formula is C11H8F5N5O. The predicted octanol–water partition coefficient (Wildman–Crippen LogP) is 2.53. The zero-order valence-electron chi connectivity index (χ0n) is 10.6. The third kappa shape index (κ3) is 4.58. The molecule has 22 heavy (non-hydrogen) atoms. The van der Waals surface area contributed by atoms with Crippen molar-refractivity contribution in [3.05, 3.63) is 23.8 Å². The molecule has 1 aromatic rings. The van der Waals surface area contributed by atoms with E-state index in [9.17, 15) is 22.0 Å². The van der Waals surface area contributed by atoms with Crippen LogP contribution in [0.1, 0.15) is 5.56 Å². The summed E-state index contributed by atoms with van der Waals surface area (Å²) in [6, 6.07) is 3.09. The molecule has 0 fully saturated rings. The molecule has 0 saturated heterocycles. The van der Waals surface area contributed by atoms with E-state index in [0.29, 0.717) is 18.2 Å². The van der Waals surface area contributed by atoms with Crippen LogP contribution in [0, 0.1) is 16.7 Å². The van der Waals surface area contributed by atoms with Gasteiger partial charge in [0.25, 0.3) is 0 Å². The third-order valence-electron chi connectivity index (χ3n) is 2.17. The van der Waals surface area contributed by atoms with E-state index in [-0.39, 0.29) is 0 Å². The molecule has 0 radical (unpaired) electrons. The second kappa shape index (κ2) is 6.70. The van der Waals surface area contributed by atoms with Crippen molar-refractivity contribution in [3.63, 3.8) is 0 Å². The van der Waals surface area contributed by atoms with Crippen molar-refractivity contribution in [1.29, 1.82) is 10.7 Å². The van der Waals surface area contributed by atoms with Crippen molar-refractivity contribution in [2.45, 2.75) is 12.8 Å². The number of rotatable bonds is 5. The number of alkyl halides is 5. The van der Waals surface area contributed by atoms with Crippen LogP contribution < -0.4 is 15.9 Å². The standard InChI is InChI=1S/C11H8F5N5O/c12-10(13)22-8-2-1-5(11(14,15)16)3-6(8)20-21-7(4-17)9(18)19/h1-3,10,20H,(H3,18,19)/b21-7+. The van der Waals surface area contributed by atoms with Crippen molar-refractivity contribution < 1.29 is 26.7 Å². The smallest absolute Gasteiger partial charge is 0.416 e. The van der Waals surface area contributed by atoms with Crippen LogP contribution in [-0.2, 0) is 6.18 Å². The van der Waals surface area contributed by atoms with Crippen molar-refractivity contribution in [3.8, 4) is 11.8 Å². The van der Waals surface area contributed by atoms with Crippen molar-refractivity contribution in [1.82, 2.24) is 0 Å². The van der Waals surface area contributed by atoms with E-state index in [1.807, 2.05) is 5.43 Å². The topological polar surface area (TPSA) is 107 Å². The van der Waals surface area contributed by atoms with Gasteiger partial charge in [-0.15, -0.1) is 0 Å². The largest absolute Gasteiger partial charge is 0.433 e. The number of benzene rings is 1. The first-order valence-electron chi connectivity index (χ1n) is 5.39. The Balaban J connectivity index is 3.23. The molecule has 0 spiro atoms. The molecular weight excluding hydrogens is 313 g/mol. The Bertz CT molecular complexity index is 635. The van der Waals surface area contributed by atoms with Gasteiger partial charge in [0.05, 0.1) is 11.3 Å². The van der Waals surface area contributed by atoms with Gasteiger partial charge in [-0.1, -0.05) is 0 Å².